The van der Waals surface area contributed by atoms with Crippen LogP contribution in [-0.4, -0.2) is 20.3 Å². The molecule has 1 aromatic carbocycles. The average molecular weight is 274 g/mol. The van der Waals surface area contributed by atoms with Gasteiger partial charge in [0.25, 0.3) is 0 Å². The first-order valence-corrected chi connectivity index (χ1v) is 6.84. The van der Waals surface area contributed by atoms with Gasteiger partial charge < -0.3 is 5.32 Å². The third kappa shape index (κ3) is 3.80. The van der Waals surface area contributed by atoms with Crippen LogP contribution < -0.4 is 5.32 Å². The zero-order valence-corrected chi connectivity index (χ0v) is 12.9. The van der Waals surface area contributed by atoms with Crippen LogP contribution in [0.25, 0.3) is 11.6 Å². The van der Waals surface area contributed by atoms with E-state index in [0.29, 0.717) is 5.56 Å². The van der Waals surface area contributed by atoms with E-state index in [2.05, 4.69) is 24.2 Å². The van der Waals surface area contributed by atoms with Gasteiger partial charge in [-0.3, -0.25) is 4.99 Å². The Balaban J connectivity index is 3.55. The first kappa shape index (κ1) is 16.2. The number of hydrogen-bond donors (Lipinski definition) is 1. The summed E-state index contributed by atoms with van der Waals surface area (Å²) in [7, 11) is 3.48. The molecule has 0 amide bonds. The molecule has 0 saturated heterocycles. The predicted molar refractivity (Wildman–Crippen MR) is 88.0 cm³/mol. The topological polar surface area (TPSA) is 24.4 Å². The van der Waals surface area contributed by atoms with Gasteiger partial charge in [-0.15, -0.1) is 0 Å². The molecule has 0 saturated carbocycles. The Labute approximate surface area is 121 Å². The summed E-state index contributed by atoms with van der Waals surface area (Å²) in [6, 6.07) is 3.48. The second-order valence-corrected chi connectivity index (χ2v) is 4.65. The van der Waals surface area contributed by atoms with Crippen LogP contribution in [0.15, 0.2) is 28.8 Å². The van der Waals surface area contributed by atoms with Gasteiger partial charge in [0.05, 0.1) is 0 Å². The van der Waals surface area contributed by atoms with Crippen LogP contribution in [0.1, 0.15) is 38.3 Å². The molecule has 0 aromatic heterocycles. The molecule has 1 N–H and O–H groups in total. The summed E-state index contributed by atoms with van der Waals surface area (Å²) >= 11 is 0. The molecular weight excluding hydrogens is 251 g/mol. The average Bonchev–Trinajstić information content (AvgIpc) is 2.45. The van der Waals surface area contributed by atoms with E-state index in [1.165, 1.54) is 11.6 Å². The summed E-state index contributed by atoms with van der Waals surface area (Å²) in [5.41, 5.74) is 4.25. The van der Waals surface area contributed by atoms with Gasteiger partial charge in [-0.2, -0.15) is 0 Å². The molecule has 0 aliphatic rings. The van der Waals surface area contributed by atoms with Crippen molar-refractivity contribution in [1.29, 1.82) is 0 Å². The van der Waals surface area contributed by atoms with Gasteiger partial charge in [-0.1, -0.05) is 24.6 Å². The van der Waals surface area contributed by atoms with Gasteiger partial charge in [0, 0.05) is 31.6 Å². The molecule has 0 heterocycles. The lowest BCUT2D eigenvalue weighted by Gasteiger charge is -2.12. The quantitative estimate of drug-likeness (QED) is 0.767. The van der Waals surface area contributed by atoms with Crippen LogP contribution in [0.3, 0.4) is 0 Å². The number of anilines is 1. The highest BCUT2D eigenvalue weighted by atomic mass is 19.1. The van der Waals surface area contributed by atoms with Crippen molar-refractivity contribution in [3.8, 4) is 0 Å². The van der Waals surface area contributed by atoms with E-state index in [1.54, 1.807) is 20.3 Å². The fourth-order valence-electron chi connectivity index (χ4n) is 1.98. The maximum atomic E-state index is 14.4. The SMILES string of the molecule is C/C=C(\C=NC)c1c(F)cc(NC)cc1/C=C(\C)CC. The first-order chi connectivity index (χ1) is 9.57. The molecule has 1 rings (SSSR count). The van der Waals surface area contributed by atoms with Crippen molar-refractivity contribution in [2.75, 3.05) is 19.4 Å². The van der Waals surface area contributed by atoms with Crippen LogP contribution in [0.5, 0.6) is 0 Å². The van der Waals surface area contributed by atoms with Gasteiger partial charge >= 0.3 is 0 Å². The van der Waals surface area contributed by atoms with Gasteiger partial charge in [0.15, 0.2) is 0 Å². The predicted octanol–water partition coefficient (Wildman–Crippen LogP) is 4.78. The maximum absolute atomic E-state index is 14.4. The zero-order valence-electron chi connectivity index (χ0n) is 12.9. The number of benzene rings is 1. The smallest absolute Gasteiger partial charge is 0.133 e. The summed E-state index contributed by atoms with van der Waals surface area (Å²) in [5.74, 6) is -0.236. The number of hydrogen-bond acceptors (Lipinski definition) is 2. The molecule has 0 unspecified atom stereocenters. The number of aliphatic imine (C=N–C) groups is 1. The maximum Gasteiger partial charge on any atom is 0.133 e. The van der Waals surface area contributed by atoms with Crippen molar-refractivity contribution in [2.24, 2.45) is 4.99 Å². The highest BCUT2D eigenvalue weighted by Crippen LogP contribution is 2.28. The molecule has 0 spiro atoms. The minimum absolute atomic E-state index is 0.236. The van der Waals surface area contributed by atoms with E-state index >= 15 is 0 Å². The lowest BCUT2D eigenvalue weighted by Crippen LogP contribution is -1.99. The lowest BCUT2D eigenvalue weighted by molar-refractivity contribution is 0.624. The Morgan fingerprint density at radius 1 is 1.40 bits per heavy atom. The van der Waals surface area contributed by atoms with Crippen LogP contribution in [-0.2, 0) is 0 Å². The molecule has 0 aliphatic heterocycles. The van der Waals surface area contributed by atoms with Crippen molar-refractivity contribution in [3.05, 3.63) is 40.7 Å². The molecule has 0 atom stereocenters. The van der Waals surface area contributed by atoms with Crippen molar-refractivity contribution in [1.82, 2.24) is 0 Å². The Morgan fingerprint density at radius 2 is 2.10 bits per heavy atom. The van der Waals surface area contributed by atoms with Crippen molar-refractivity contribution in [3.63, 3.8) is 0 Å². The molecule has 3 heteroatoms. The highest BCUT2D eigenvalue weighted by Gasteiger charge is 2.12. The molecule has 0 aliphatic carbocycles. The van der Waals surface area contributed by atoms with E-state index in [-0.39, 0.29) is 5.82 Å². The van der Waals surface area contributed by atoms with Crippen LogP contribution in [0.2, 0.25) is 0 Å². The second kappa shape index (κ2) is 7.63. The van der Waals surface area contributed by atoms with Gasteiger partial charge in [-0.05, 0) is 43.5 Å². The fraction of sp³-hybridized carbons (Fsp3) is 0.353. The molecule has 0 radical (unpaired) electrons. The van der Waals surface area contributed by atoms with Crippen molar-refractivity contribution >= 4 is 23.6 Å². The van der Waals surface area contributed by atoms with E-state index < -0.39 is 0 Å². The van der Waals surface area contributed by atoms with Crippen molar-refractivity contribution < 1.29 is 4.39 Å². The molecule has 0 fully saturated rings. The van der Waals surface area contributed by atoms with Crippen LogP contribution >= 0.6 is 0 Å². The normalized spacial score (nSPS) is 13.1. The Kier molecular flexibility index (Phi) is 6.16. The summed E-state index contributed by atoms with van der Waals surface area (Å²) in [4.78, 5) is 4.01. The zero-order chi connectivity index (χ0) is 15.1. The van der Waals surface area contributed by atoms with Crippen LogP contribution in [0.4, 0.5) is 10.1 Å². The van der Waals surface area contributed by atoms with E-state index in [1.807, 2.05) is 25.1 Å². The Hall–Kier alpha value is -1.90. The first-order valence-electron chi connectivity index (χ1n) is 6.84. The third-order valence-corrected chi connectivity index (χ3v) is 3.24. The van der Waals surface area contributed by atoms with Gasteiger partial charge in [0.1, 0.15) is 5.82 Å². The number of nitrogens with one attached hydrogen (secondary N) is 1. The van der Waals surface area contributed by atoms with E-state index in [0.717, 1.165) is 23.2 Å². The monoisotopic (exact) mass is 274 g/mol. The largest absolute Gasteiger partial charge is 0.388 e. The summed E-state index contributed by atoms with van der Waals surface area (Å²) in [5, 5.41) is 2.99. The molecule has 108 valence electrons. The second-order valence-electron chi connectivity index (χ2n) is 4.65. The van der Waals surface area contributed by atoms with Gasteiger partial charge in [-0.25, -0.2) is 4.39 Å². The molecule has 2 nitrogen and oxygen atoms in total. The number of allylic oxidation sites excluding steroid dienone is 3. The van der Waals surface area contributed by atoms with E-state index in [4.69, 9.17) is 0 Å². The van der Waals surface area contributed by atoms with Crippen LogP contribution in [0, 0.1) is 5.82 Å². The molecule has 0 bridgehead atoms. The van der Waals surface area contributed by atoms with Crippen molar-refractivity contribution in [2.45, 2.75) is 27.2 Å². The minimum Gasteiger partial charge on any atom is -0.388 e. The Bertz CT molecular complexity index is 554. The summed E-state index contributed by atoms with van der Waals surface area (Å²) in [6.07, 6.45) is 6.54. The minimum atomic E-state index is -0.236. The molecule has 1 aromatic rings. The van der Waals surface area contributed by atoms with Gasteiger partial charge in [0.2, 0.25) is 0 Å². The Morgan fingerprint density at radius 3 is 2.60 bits per heavy atom. The highest BCUT2D eigenvalue weighted by molar-refractivity contribution is 6.11. The summed E-state index contributed by atoms with van der Waals surface area (Å²) in [6.45, 7) is 6.04. The number of nitrogens with zero attached hydrogens (tertiary/aromatic N) is 1. The third-order valence-electron chi connectivity index (χ3n) is 3.24. The summed E-state index contributed by atoms with van der Waals surface area (Å²) < 4.78 is 14.4. The number of rotatable bonds is 5. The fourth-order valence-corrected chi connectivity index (χ4v) is 1.98. The standard InChI is InChI=1S/C17H23FN2/c1-6-12(3)8-14-9-15(20-5)10-16(18)17(14)13(7-2)11-19-4/h7-11,20H,6H2,1-5H3/b12-8+,13-7+,19-11?. The number of halogens is 1. The lowest BCUT2D eigenvalue weighted by atomic mass is 9.96. The molecule has 20 heavy (non-hydrogen) atoms. The molecular formula is C17H23FN2. The van der Waals surface area contributed by atoms with E-state index in [9.17, 15) is 4.39 Å².